The minimum absolute atomic E-state index is 0.107. The van der Waals surface area contributed by atoms with Crippen molar-refractivity contribution in [1.29, 1.82) is 0 Å². The van der Waals surface area contributed by atoms with E-state index in [1.807, 2.05) is 24.3 Å². The molecule has 39 heavy (non-hydrogen) atoms. The number of ether oxygens (including phenoxy) is 2. The second-order valence-corrected chi connectivity index (χ2v) is 9.87. The van der Waals surface area contributed by atoms with Gasteiger partial charge in [0.2, 0.25) is 0 Å². The van der Waals surface area contributed by atoms with E-state index in [0.717, 1.165) is 56.5 Å². The van der Waals surface area contributed by atoms with Gasteiger partial charge < -0.3 is 24.4 Å². The highest BCUT2D eigenvalue weighted by Gasteiger charge is 2.46. The molecule has 1 aliphatic rings. The molecule has 0 radical (unpaired) electrons. The summed E-state index contributed by atoms with van der Waals surface area (Å²) in [4.78, 5) is 30.4. The molecule has 2 aromatic carbocycles. The van der Waals surface area contributed by atoms with Gasteiger partial charge >= 0.3 is 0 Å². The van der Waals surface area contributed by atoms with Gasteiger partial charge in [-0.25, -0.2) is 0 Å². The first kappa shape index (κ1) is 30.2. The average Bonchev–Trinajstić information content (AvgIpc) is 3.21. The highest BCUT2D eigenvalue weighted by atomic mass is 16.5. The predicted octanol–water partition coefficient (Wildman–Crippen LogP) is 6.20. The van der Waals surface area contributed by atoms with Gasteiger partial charge in [-0.1, -0.05) is 59.1 Å². The standard InChI is InChI=1S/C32H44N2O5/c1-5-9-11-23-39-26-16-12-24(13-17-26)29-28(31(36)32(37)34(29)21-20-33(7-3)8-4)30(35)25-14-18-27(19-15-25)38-22-10-6-2/h12-19,29,35H,5-11,20-23H2,1-4H3. The van der Waals surface area contributed by atoms with Crippen LogP contribution in [0.2, 0.25) is 0 Å². The molecule has 1 heterocycles. The summed E-state index contributed by atoms with van der Waals surface area (Å²) in [6.45, 7) is 12.4. The van der Waals surface area contributed by atoms with Gasteiger partial charge in [0.05, 0.1) is 24.8 Å². The maximum absolute atomic E-state index is 13.3. The fourth-order valence-corrected chi connectivity index (χ4v) is 4.73. The van der Waals surface area contributed by atoms with Crippen LogP contribution in [0, 0.1) is 0 Å². The first-order chi connectivity index (χ1) is 18.9. The number of ketones is 1. The molecule has 1 N–H and O–H groups in total. The predicted molar refractivity (Wildman–Crippen MR) is 155 cm³/mol. The number of carbonyl (C=O) groups is 2. The Morgan fingerprint density at radius 3 is 1.95 bits per heavy atom. The molecule has 1 amide bonds. The van der Waals surface area contributed by atoms with E-state index in [-0.39, 0.29) is 11.3 Å². The van der Waals surface area contributed by atoms with Crippen LogP contribution in [0.4, 0.5) is 0 Å². The first-order valence-electron chi connectivity index (χ1n) is 14.4. The molecule has 212 valence electrons. The maximum Gasteiger partial charge on any atom is 0.295 e. The Labute approximate surface area is 233 Å². The zero-order valence-corrected chi connectivity index (χ0v) is 23.9. The molecular formula is C32H44N2O5. The van der Waals surface area contributed by atoms with E-state index < -0.39 is 17.7 Å². The number of aliphatic hydroxyl groups is 1. The van der Waals surface area contributed by atoms with Crippen molar-refractivity contribution in [3.8, 4) is 11.5 Å². The Hall–Kier alpha value is -3.32. The molecule has 1 atom stereocenters. The molecule has 0 bridgehead atoms. The molecule has 0 aromatic heterocycles. The third-order valence-electron chi connectivity index (χ3n) is 7.20. The second-order valence-electron chi connectivity index (χ2n) is 9.87. The minimum atomic E-state index is -0.685. The fourth-order valence-electron chi connectivity index (χ4n) is 4.73. The lowest BCUT2D eigenvalue weighted by Gasteiger charge is -2.28. The van der Waals surface area contributed by atoms with Crippen molar-refractivity contribution >= 4 is 17.4 Å². The van der Waals surface area contributed by atoms with Gasteiger partial charge in [0.25, 0.3) is 11.7 Å². The molecule has 1 aliphatic heterocycles. The number of hydrogen-bond acceptors (Lipinski definition) is 6. The van der Waals surface area contributed by atoms with Crippen LogP contribution in [0.1, 0.15) is 77.0 Å². The van der Waals surface area contributed by atoms with Gasteiger partial charge in [-0.05, 0) is 67.9 Å². The number of hydrogen-bond donors (Lipinski definition) is 1. The number of likely N-dealkylation sites (tertiary alicyclic amines) is 1. The number of carbonyl (C=O) groups excluding carboxylic acids is 2. The summed E-state index contributed by atoms with van der Waals surface area (Å²) < 4.78 is 11.6. The van der Waals surface area contributed by atoms with Crippen LogP contribution in [0.3, 0.4) is 0 Å². The van der Waals surface area contributed by atoms with Crippen molar-refractivity contribution < 1.29 is 24.2 Å². The molecule has 7 nitrogen and oxygen atoms in total. The van der Waals surface area contributed by atoms with Gasteiger partial charge in [0, 0.05) is 18.7 Å². The summed E-state index contributed by atoms with van der Waals surface area (Å²) in [5.41, 5.74) is 1.34. The maximum atomic E-state index is 13.3. The topological polar surface area (TPSA) is 79.3 Å². The van der Waals surface area contributed by atoms with Gasteiger partial charge in [0.15, 0.2) is 0 Å². The molecule has 3 rings (SSSR count). The monoisotopic (exact) mass is 536 g/mol. The minimum Gasteiger partial charge on any atom is -0.507 e. The number of rotatable bonds is 16. The van der Waals surface area contributed by atoms with Crippen molar-refractivity contribution in [2.45, 2.75) is 65.8 Å². The number of benzene rings is 2. The van der Waals surface area contributed by atoms with E-state index in [2.05, 4.69) is 32.6 Å². The summed E-state index contributed by atoms with van der Waals surface area (Å²) in [5.74, 6) is 0.0105. The Kier molecular flexibility index (Phi) is 11.9. The number of aliphatic hydroxyl groups excluding tert-OH is 1. The van der Waals surface area contributed by atoms with Crippen molar-refractivity contribution in [3.05, 3.63) is 65.2 Å². The molecular weight excluding hydrogens is 492 g/mol. The van der Waals surface area contributed by atoms with E-state index >= 15 is 0 Å². The number of amides is 1. The van der Waals surface area contributed by atoms with Crippen LogP contribution < -0.4 is 9.47 Å². The third kappa shape index (κ3) is 7.85. The largest absolute Gasteiger partial charge is 0.507 e. The van der Waals surface area contributed by atoms with Gasteiger partial charge in [-0.2, -0.15) is 0 Å². The average molecular weight is 537 g/mol. The summed E-state index contributed by atoms with van der Waals surface area (Å²) in [5, 5.41) is 11.4. The first-order valence-corrected chi connectivity index (χ1v) is 14.4. The van der Waals surface area contributed by atoms with Crippen LogP contribution in [0.5, 0.6) is 11.5 Å². The Balaban J connectivity index is 1.93. The highest BCUT2D eigenvalue weighted by molar-refractivity contribution is 6.46. The van der Waals surface area contributed by atoms with E-state index in [9.17, 15) is 14.7 Å². The van der Waals surface area contributed by atoms with Gasteiger partial charge in [-0.3, -0.25) is 9.59 Å². The summed E-state index contributed by atoms with van der Waals surface area (Å²) in [6, 6.07) is 13.8. The Bertz CT molecular complexity index is 1090. The van der Waals surface area contributed by atoms with Gasteiger partial charge in [0.1, 0.15) is 17.3 Å². The quantitative estimate of drug-likeness (QED) is 0.119. The number of unbranched alkanes of at least 4 members (excludes halogenated alkanes) is 3. The van der Waals surface area contributed by atoms with Crippen LogP contribution in [-0.2, 0) is 9.59 Å². The second kappa shape index (κ2) is 15.3. The Morgan fingerprint density at radius 1 is 0.821 bits per heavy atom. The SMILES string of the molecule is CCCCCOc1ccc(C2C(=C(O)c3ccc(OCCCC)cc3)C(=O)C(=O)N2CCN(CC)CC)cc1. The van der Waals surface area contributed by atoms with Crippen LogP contribution in [0.25, 0.3) is 5.76 Å². The smallest absolute Gasteiger partial charge is 0.295 e. The normalized spacial score (nSPS) is 16.7. The van der Waals surface area contributed by atoms with Crippen LogP contribution in [-0.4, -0.2) is 66.0 Å². The van der Waals surface area contributed by atoms with Crippen molar-refractivity contribution in [2.24, 2.45) is 0 Å². The Morgan fingerprint density at radius 2 is 1.38 bits per heavy atom. The summed E-state index contributed by atoms with van der Waals surface area (Å²) >= 11 is 0. The van der Waals surface area contributed by atoms with Gasteiger partial charge in [-0.15, -0.1) is 0 Å². The lowest BCUT2D eigenvalue weighted by molar-refractivity contribution is -0.140. The lowest BCUT2D eigenvalue weighted by Crippen LogP contribution is -2.38. The fraction of sp³-hybridized carbons (Fsp3) is 0.500. The molecule has 2 aromatic rings. The third-order valence-corrected chi connectivity index (χ3v) is 7.20. The lowest BCUT2D eigenvalue weighted by atomic mass is 9.95. The molecule has 1 fully saturated rings. The number of nitrogens with zero attached hydrogens (tertiary/aromatic N) is 2. The van der Waals surface area contributed by atoms with Crippen molar-refractivity contribution in [3.63, 3.8) is 0 Å². The molecule has 0 saturated carbocycles. The molecule has 7 heteroatoms. The van der Waals surface area contributed by atoms with E-state index in [0.29, 0.717) is 37.6 Å². The number of likely N-dealkylation sites (N-methyl/N-ethyl adjacent to an activating group) is 1. The van der Waals surface area contributed by atoms with Crippen LogP contribution >= 0.6 is 0 Å². The van der Waals surface area contributed by atoms with E-state index in [4.69, 9.17) is 9.47 Å². The summed E-state index contributed by atoms with van der Waals surface area (Å²) in [7, 11) is 0. The molecule has 1 saturated heterocycles. The zero-order chi connectivity index (χ0) is 28.2. The summed E-state index contributed by atoms with van der Waals surface area (Å²) in [6.07, 6.45) is 5.24. The number of Topliss-reactive ketones (excluding diaryl/α,β-unsaturated/α-hetero) is 1. The molecule has 1 unspecified atom stereocenters. The van der Waals surface area contributed by atoms with Crippen molar-refractivity contribution in [2.75, 3.05) is 39.4 Å². The van der Waals surface area contributed by atoms with Crippen LogP contribution in [0.15, 0.2) is 54.1 Å². The van der Waals surface area contributed by atoms with E-state index in [1.54, 1.807) is 29.2 Å². The van der Waals surface area contributed by atoms with Crippen molar-refractivity contribution in [1.82, 2.24) is 9.80 Å². The molecule has 0 aliphatic carbocycles. The zero-order valence-electron chi connectivity index (χ0n) is 23.9. The highest BCUT2D eigenvalue weighted by Crippen LogP contribution is 2.40. The molecule has 0 spiro atoms. The van der Waals surface area contributed by atoms with E-state index in [1.165, 1.54) is 0 Å².